The van der Waals surface area contributed by atoms with Gasteiger partial charge in [0.2, 0.25) is 0 Å². The van der Waals surface area contributed by atoms with Gasteiger partial charge in [0.25, 0.3) is 0 Å². The van der Waals surface area contributed by atoms with E-state index < -0.39 is 10.9 Å². The molecule has 0 saturated heterocycles. The van der Waals surface area contributed by atoms with Crippen molar-refractivity contribution in [2.45, 2.75) is 19.3 Å². The van der Waals surface area contributed by atoms with Crippen LogP contribution in [0.5, 0.6) is 11.5 Å². The van der Waals surface area contributed by atoms with Gasteiger partial charge in [-0.05, 0) is 35.4 Å². The molecular weight excluding hydrogens is 339 g/mol. The average Bonchev–Trinajstić information content (AvgIpc) is 2.47. The molecule has 0 N–H and O–H groups in total. The summed E-state index contributed by atoms with van der Waals surface area (Å²) in [6.07, 6.45) is 0. The molecule has 0 bridgehead atoms. The molecule has 0 aliphatic carbocycles. The maximum Gasteiger partial charge on any atom is 0.409 e. The van der Waals surface area contributed by atoms with Gasteiger partial charge >= 0.3 is 10.9 Å². The minimum absolute atomic E-state index is 0.299. The van der Waals surface area contributed by atoms with E-state index in [1.54, 1.807) is 24.3 Å². The highest BCUT2D eigenvalue weighted by atomic mass is 35.5. The van der Waals surface area contributed by atoms with Gasteiger partial charge in [0.1, 0.15) is 11.5 Å². The van der Waals surface area contributed by atoms with Crippen molar-refractivity contribution in [3.63, 3.8) is 0 Å². The molecule has 2 aromatic carbocycles. The van der Waals surface area contributed by atoms with E-state index in [-0.39, 0.29) is 5.41 Å². The van der Waals surface area contributed by atoms with Crippen molar-refractivity contribution in [3.05, 3.63) is 59.7 Å². The van der Waals surface area contributed by atoms with Gasteiger partial charge in [-0.1, -0.05) is 38.1 Å². The highest BCUT2D eigenvalue weighted by Gasteiger charge is 2.23. The summed E-state index contributed by atoms with van der Waals surface area (Å²) in [4.78, 5) is 21.4. The molecule has 0 amide bonds. The second kappa shape index (κ2) is 7.02. The number of ether oxygens (including phenoxy) is 2. The van der Waals surface area contributed by atoms with Crippen molar-refractivity contribution in [3.8, 4) is 11.5 Å². The van der Waals surface area contributed by atoms with E-state index in [2.05, 4.69) is 13.8 Å². The second-order valence-electron chi connectivity index (χ2n) is 5.35. The molecule has 120 valence electrons. The Balaban J connectivity index is 2.23. The molecule has 2 aromatic rings. The Bertz CT molecular complexity index is 645. The zero-order valence-corrected chi connectivity index (χ0v) is 14.0. The average molecular weight is 353 g/mol. The summed E-state index contributed by atoms with van der Waals surface area (Å²) in [6.45, 7) is 4.11. The fraction of sp³-hybridized carbons (Fsp3) is 0.176. The fourth-order valence-corrected chi connectivity index (χ4v) is 2.41. The molecule has 0 atom stereocenters. The highest BCUT2D eigenvalue weighted by molar-refractivity contribution is 6.61. The van der Waals surface area contributed by atoms with Crippen LogP contribution in [-0.2, 0) is 5.41 Å². The molecule has 0 fully saturated rings. The molecule has 4 nitrogen and oxygen atoms in total. The van der Waals surface area contributed by atoms with Crippen molar-refractivity contribution >= 4 is 34.1 Å². The van der Waals surface area contributed by atoms with Gasteiger partial charge in [-0.2, -0.15) is 0 Å². The van der Waals surface area contributed by atoms with Crippen LogP contribution < -0.4 is 9.47 Å². The summed E-state index contributed by atoms with van der Waals surface area (Å²) < 4.78 is 9.61. The molecule has 0 spiro atoms. The molecule has 23 heavy (non-hydrogen) atoms. The Hall–Kier alpha value is -2.04. The van der Waals surface area contributed by atoms with E-state index in [0.29, 0.717) is 11.5 Å². The number of halogens is 2. The molecule has 0 radical (unpaired) electrons. The minimum Gasteiger partial charge on any atom is -0.415 e. The standard InChI is InChI=1S/C17H14Cl2O4/c1-17(2,11-3-7-13(8-4-11)22-15(18)20)12-5-9-14(10-6-12)23-16(19)21/h3-10H,1-2H3. The van der Waals surface area contributed by atoms with Crippen LogP contribution in [0.3, 0.4) is 0 Å². The molecule has 0 aromatic heterocycles. The van der Waals surface area contributed by atoms with Crippen LogP contribution in [-0.4, -0.2) is 10.9 Å². The highest BCUT2D eigenvalue weighted by Crippen LogP contribution is 2.33. The number of carbonyl (C=O) groups excluding carboxylic acids is 2. The predicted molar refractivity (Wildman–Crippen MR) is 88.8 cm³/mol. The van der Waals surface area contributed by atoms with E-state index in [1.807, 2.05) is 24.3 Å². The Morgan fingerprint density at radius 1 is 0.739 bits per heavy atom. The van der Waals surface area contributed by atoms with Gasteiger partial charge < -0.3 is 9.47 Å². The van der Waals surface area contributed by atoms with Gasteiger partial charge in [-0.25, -0.2) is 9.59 Å². The third-order valence-corrected chi connectivity index (χ3v) is 3.70. The first-order valence-electron chi connectivity index (χ1n) is 6.75. The lowest BCUT2D eigenvalue weighted by atomic mass is 9.78. The molecule has 2 rings (SSSR count). The van der Waals surface area contributed by atoms with E-state index in [0.717, 1.165) is 11.1 Å². The van der Waals surface area contributed by atoms with Crippen molar-refractivity contribution in [2.24, 2.45) is 0 Å². The number of benzene rings is 2. The summed E-state index contributed by atoms with van der Waals surface area (Å²) in [5, 5.41) is 0. The van der Waals surface area contributed by atoms with Crippen LogP contribution in [0.25, 0.3) is 0 Å². The lowest BCUT2D eigenvalue weighted by Gasteiger charge is -2.26. The number of carbonyl (C=O) groups is 2. The van der Waals surface area contributed by atoms with Crippen molar-refractivity contribution in [2.75, 3.05) is 0 Å². The molecule has 0 heterocycles. The van der Waals surface area contributed by atoms with E-state index in [4.69, 9.17) is 32.7 Å². The summed E-state index contributed by atoms with van der Waals surface area (Å²) in [5.41, 5.74) is -0.00157. The molecule has 6 heteroatoms. The smallest absolute Gasteiger partial charge is 0.409 e. The van der Waals surface area contributed by atoms with Gasteiger partial charge in [-0.3, -0.25) is 0 Å². The van der Waals surface area contributed by atoms with Crippen LogP contribution in [0, 0.1) is 0 Å². The summed E-state index contributed by atoms with van der Waals surface area (Å²) in [7, 11) is 0. The zero-order chi connectivity index (χ0) is 17.0. The topological polar surface area (TPSA) is 52.6 Å². The maximum atomic E-state index is 10.7. The quantitative estimate of drug-likeness (QED) is 0.682. The SMILES string of the molecule is CC(C)(c1ccc(OC(=O)Cl)cc1)c1ccc(OC(=O)Cl)cc1. The Kier molecular flexibility index (Phi) is 5.29. The van der Waals surface area contributed by atoms with E-state index >= 15 is 0 Å². The number of rotatable bonds is 4. The number of hydrogen-bond acceptors (Lipinski definition) is 4. The van der Waals surface area contributed by atoms with Gasteiger partial charge in [0, 0.05) is 28.6 Å². The maximum absolute atomic E-state index is 10.7. The summed E-state index contributed by atoms with van der Waals surface area (Å²) in [6, 6.07) is 14.2. The van der Waals surface area contributed by atoms with Crippen LogP contribution in [0.4, 0.5) is 9.59 Å². The van der Waals surface area contributed by atoms with Gasteiger partial charge in [0.15, 0.2) is 0 Å². The fourth-order valence-electron chi connectivity index (χ4n) is 2.23. The summed E-state index contributed by atoms with van der Waals surface area (Å²) >= 11 is 10.4. The van der Waals surface area contributed by atoms with Crippen molar-refractivity contribution < 1.29 is 19.1 Å². The lowest BCUT2D eigenvalue weighted by Crippen LogP contribution is -2.18. The normalized spacial score (nSPS) is 11.0. The first-order chi connectivity index (χ1) is 10.8. The minimum atomic E-state index is -0.874. The lowest BCUT2D eigenvalue weighted by molar-refractivity contribution is 0.224. The van der Waals surface area contributed by atoms with E-state index in [1.165, 1.54) is 0 Å². The van der Waals surface area contributed by atoms with E-state index in [9.17, 15) is 9.59 Å². The Labute approximate surface area is 143 Å². The molecule has 0 aliphatic rings. The monoisotopic (exact) mass is 352 g/mol. The first kappa shape index (κ1) is 17.3. The van der Waals surface area contributed by atoms with Crippen molar-refractivity contribution in [1.82, 2.24) is 0 Å². The second-order valence-corrected chi connectivity index (χ2v) is 5.97. The van der Waals surface area contributed by atoms with Gasteiger partial charge in [-0.15, -0.1) is 0 Å². The van der Waals surface area contributed by atoms with Crippen LogP contribution in [0.1, 0.15) is 25.0 Å². The Morgan fingerprint density at radius 2 is 1.04 bits per heavy atom. The molecule has 0 saturated carbocycles. The summed E-state index contributed by atoms with van der Waals surface area (Å²) in [5.74, 6) is 0.767. The number of hydrogen-bond donors (Lipinski definition) is 0. The van der Waals surface area contributed by atoms with Crippen molar-refractivity contribution in [1.29, 1.82) is 0 Å². The first-order valence-corrected chi connectivity index (χ1v) is 7.50. The molecule has 0 unspecified atom stereocenters. The van der Waals surface area contributed by atoms with Gasteiger partial charge in [0.05, 0.1) is 0 Å². The third kappa shape index (κ3) is 4.47. The van der Waals surface area contributed by atoms with Crippen LogP contribution in [0.15, 0.2) is 48.5 Å². The zero-order valence-electron chi connectivity index (χ0n) is 12.5. The Morgan fingerprint density at radius 3 is 1.30 bits per heavy atom. The molecular formula is C17H14Cl2O4. The molecule has 0 aliphatic heterocycles. The predicted octanol–water partition coefficient (Wildman–Crippen LogP) is 5.49. The van der Waals surface area contributed by atoms with Crippen LogP contribution in [0.2, 0.25) is 0 Å². The largest absolute Gasteiger partial charge is 0.415 e. The third-order valence-electron chi connectivity index (χ3n) is 3.55. The van der Waals surface area contributed by atoms with Crippen LogP contribution >= 0.6 is 23.2 Å².